The Balaban J connectivity index is 0.000000592. The van der Waals surface area contributed by atoms with E-state index in [1.807, 2.05) is 37.3 Å². The molecule has 9 heteroatoms. The Labute approximate surface area is 194 Å². The molecule has 0 aromatic heterocycles. The second kappa shape index (κ2) is 13.3. The summed E-state index contributed by atoms with van der Waals surface area (Å²) in [5, 5.41) is 19.9. The average molecular weight is 467 g/mol. The van der Waals surface area contributed by atoms with Crippen molar-refractivity contribution in [1.29, 1.82) is 0 Å². The molecular formula is C23H31ClN2O6. The third kappa shape index (κ3) is 8.56. The number of methoxy groups -OCH3 is 1. The van der Waals surface area contributed by atoms with Gasteiger partial charge in [-0.15, -0.1) is 12.4 Å². The highest BCUT2D eigenvalue weighted by Crippen LogP contribution is 2.25. The Morgan fingerprint density at radius 3 is 2.06 bits per heavy atom. The zero-order valence-electron chi connectivity index (χ0n) is 18.6. The molecule has 2 aromatic carbocycles. The van der Waals surface area contributed by atoms with Crippen molar-refractivity contribution in [1.82, 2.24) is 5.32 Å². The first-order valence-electron chi connectivity index (χ1n) is 9.73. The summed E-state index contributed by atoms with van der Waals surface area (Å²) in [7, 11) is 1.32. The van der Waals surface area contributed by atoms with Crippen molar-refractivity contribution >= 4 is 30.4 Å². The van der Waals surface area contributed by atoms with Crippen molar-refractivity contribution in [3.05, 3.63) is 71.3 Å². The number of hydrogen-bond donors (Lipinski definition) is 4. The summed E-state index contributed by atoms with van der Waals surface area (Å²) < 4.78 is 4.66. The van der Waals surface area contributed by atoms with Crippen molar-refractivity contribution in [3.8, 4) is 0 Å². The lowest BCUT2D eigenvalue weighted by molar-refractivity contribution is -0.143. The van der Waals surface area contributed by atoms with Gasteiger partial charge in [-0.3, -0.25) is 4.79 Å². The normalized spacial score (nSPS) is 13.7. The van der Waals surface area contributed by atoms with E-state index in [9.17, 15) is 14.4 Å². The number of carboxylic acid groups (broad SMARTS) is 2. The van der Waals surface area contributed by atoms with Crippen molar-refractivity contribution in [2.45, 2.75) is 44.7 Å². The molecule has 2 rings (SSSR count). The summed E-state index contributed by atoms with van der Waals surface area (Å²) in [6.07, 6.45) is -0.634. The van der Waals surface area contributed by atoms with Gasteiger partial charge >= 0.3 is 18.0 Å². The van der Waals surface area contributed by atoms with E-state index in [-0.39, 0.29) is 24.4 Å². The summed E-state index contributed by atoms with van der Waals surface area (Å²) in [6.45, 7) is 5.10. The Bertz CT molecular complexity index is 889. The molecule has 1 unspecified atom stereocenters. The molecule has 0 fully saturated rings. The average Bonchev–Trinajstić information content (AvgIpc) is 2.73. The molecule has 0 spiro atoms. The predicted molar refractivity (Wildman–Crippen MR) is 124 cm³/mol. The third-order valence-electron chi connectivity index (χ3n) is 4.98. The molecular weight excluding hydrogens is 436 g/mol. The van der Waals surface area contributed by atoms with Gasteiger partial charge in [0.2, 0.25) is 0 Å². The number of carboxylic acids is 1. The van der Waals surface area contributed by atoms with E-state index in [4.69, 9.17) is 15.9 Å². The fourth-order valence-electron chi connectivity index (χ4n) is 2.87. The van der Waals surface area contributed by atoms with Gasteiger partial charge in [-0.2, -0.15) is 0 Å². The first-order valence-corrected chi connectivity index (χ1v) is 9.73. The molecule has 0 bridgehead atoms. The monoisotopic (exact) mass is 466 g/mol. The van der Waals surface area contributed by atoms with Crippen molar-refractivity contribution in [2.24, 2.45) is 5.73 Å². The lowest BCUT2D eigenvalue weighted by atomic mass is 9.83. The van der Waals surface area contributed by atoms with Crippen LogP contribution in [0.3, 0.4) is 0 Å². The van der Waals surface area contributed by atoms with Crippen LogP contribution in [-0.2, 0) is 16.0 Å². The largest absolute Gasteiger partial charge is 0.480 e. The standard InChI is InChI=1S/C12H15NO4.C11H15NO2.ClH/c1-8(13-12(15)16)7-9-5-3-4-6-10(9)11(14)17-2;1-8(11(2,12)10(13)14)9-6-4-3-5-7-9;/h3-6,8,13H,7H2,1-2H3,(H,15,16);3-8H,12H2,1-2H3,(H,13,14);1H/t8-;8?,11-;/m00./s1. The molecule has 5 N–H and O–H groups in total. The van der Waals surface area contributed by atoms with Crippen molar-refractivity contribution < 1.29 is 29.3 Å². The number of nitrogens with two attached hydrogens (primary N) is 1. The van der Waals surface area contributed by atoms with Crippen LogP contribution in [0.15, 0.2) is 54.6 Å². The summed E-state index contributed by atoms with van der Waals surface area (Å²) in [5.41, 5.74) is 6.69. The first kappa shape index (κ1) is 28.9. The van der Waals surface area contributed by atoms with E-state index in [0.717, 1.165) is 11.1 Å². The van der Waals surface area contributed by atoms with Crippen LogP contribution < -0.4 is 11.1 Å². The molecule has 0 aliphatic carbocycles. The highest BCUT2D eigenvalue weighted by atomic mass is 35.5. The van der Waals surface area contributed by atoms with Gasteiger partial charge < -0.3 is 26.0 Å². The molecule has 32 heavy (non-hydrogen) atoms. The molecule has 2 aromatic rings. The molecule has 0 saturated carbocycles. The van der Waals surface area contributed by atoms with E-state index in [1.54, 1.807) is 31.2 Å². The highest BCUT2D eigenvalue weighted by molar-refractivity contribution is 5.91. The number of hydrogen-bond acceptors (Lipinski definition) is 5. The molecule has 0 saturated heterocycles. The minimum Gasteiger partial charge on any atom is -0.480 e. The lowest BCUT2D eigenvalue weighted by Gasteiger charge is -2.27. The van der Waals surface area contributed by atoms with Gasteiger partial charge in [-0.25, -0.2) is 9.59 Å². The molecule has 1 amide bonds. The number of carbonyl (C=O) groups is 3. The van der Waals surface area contributed by atoms with Crippen LogP contribution in [0.1, 0.15) is 48.2 Å². The maximum atomic E-state index is 11.5. The van der Waals surface area contributed by atoms with Gasteiger partial charge in [-0.1, -0.05) is 55.5 Å². The zero-order valence-corrected chi connectivity index (χ0v) is 19.4. The second-order valence-corrected chi connectivity index (χ2v) is 7.42. The maximum Gasteiger partial charge on any atom is 0.404 e. The maximum absolute atomic E-state index is 11.5. The molecule has 0 aliphatic heterocycles. The number of carbonyl (C=O) groups excluding carboxylic acids is 1. The smallest absolute Gasteiger partial charge is 0.404 e. The van der Waals surface area contributed by atoms with Crippen LogP contribution in [0.5, 0.6) is 0 Å². The number of ether oxygens (including phenoxy) is 1. The molecule has 3 atom stereocenters. The minimum absolute atomic E-state index is 0. The summed E-state index contributed by atoms with van der Waals surface area (Å²) >= 11 is 0. The number of amides is 1. The number of esters is 1. The Kier molecular flexibility index (Phi) is 12.0. The van der Waals surface area contributed by atoms with Crippen LogP contribution in [0, 0.1) is 0 Å². The molecule has 8 nitrogen and oxygen atoms in total. The Hall–Kier alpha value is -3.10. The van der Waals surface area contributed by atoms with Gasteiger partial charge in [0, 0.05) is 12.0 Å². The fraction of sp³-hybridized carbons (Fsp3) is 0.348. The van der Waals surface area contributed by atoms with Crippen molar-refractivity contribution in [3.63, 3.8) is 0 Å². The minimum atomic E-state index is -1.22. The fourth-order valence-corrected chi connectivity index (χ4v) is 2.87. The molecule has 176 valence electrons. The van der Waals surface area contributed by atoms with Crippen LogP contribution in [0.2, 0.25) is 0 Å². The van der Waals surface area contributed by atoms with E-state index >= 15 is 0 Å². The Morgan fingerprint density at radius 1 is 1.03 bits per heavy atom. The van der Waals surface area contributed by atoms with Crippen LogP contribution in [0.4, 0.5) is 4.79 Å². The van der Waals surface area contributed by atoms with Gasteiger partial charge in [-0.05, 0) is 37.5 Å². The van der Waals surface area contributed by atoms with Gasteiger partial charge in [0.25, 0.3) is 0 Å². The topological polar surface area (TPSA) is 139 Å². The zero-order chi connectivity index (χ0) is 23.6. The quantitative estimate of drug-likeness (QED) is 0.456. The van der Waals surface area contributed by atoms with Gasteiger partial charge in [0.05, 0.1) is 12.7 Å². The summed E-state index contributed by atoms with van der Waals surface area (Å²) in [6, 6.07) is 16.1. The SMILES string of the molecule is CC(c1ccccc1)[C@](C)(N)C(=O)O.COC(=O)c1ccccc1C[C@H](C)NC(=O)O.Cl. The van der Waals surface area contributed by atoms with Gasteiger partial charge in [0.15, 0.2) is 0 Å². The Morgan fingerprint density at radius 2 is 1.56 bits per heavy atom. The third-order valence-corrected chi connectivity index (χ3v) is 4.98. The van der Waals surface area contributed by atoms with E-state index in [1.165, 1.54) is 14.0 Å². The van der Waals surface area contributed by atoms with E-state index in [0.29, 0.717) is 12.0 Å². The van der Waals surface area contributed by atoms with Crippen LogP contribution in [-0.4, -0.2) is 46.9 Å². The number of benzene rings is 2. The van der Waals surface area contributed by atoms with Crippen LogP contribution >= 0.6 is 12.4 Å². The summed E-state index contributed by atoms with van der Waals surface area (Å²) in [5.74, 6) is -1.60. The summed E-state index contributed by atoms with van der Waals surface area (Å²) in [4.78, 5) is 32.9. The molecule has 0 radical (unpaired) electrons. The predicted octanol–water partition coefficient (Wildman–Crippen LogP) is 3.69. The number of aliphatic carboxylic acids is 1. The highest BCUT2D eigenvalue weighted by Gasteiger charge is 2.35. The molecule has 0 heterocycles. The van der Waals surface area contributed by atoms with Crippen LogP contribution in [0.25, 0.3) is 0 Å². The second-order valence-electron chi connectivity index (χ2n) is 7.42. The van der Waals surface area contributed by atoms with E-state index in [2.05, 4.69) is 10.1 Å². The number of nitrogens with one attached hydrogen (secondary N) is 1. The van der Waals surface area contributed by atoms with Crippen molar-refractivity contribution in [2.75, 3.05) is 7.11 Å². The van der Waals surface area contributed by atoms with Gasteiger partial charge in [0.1, 0.15) is 5.54 Å². The number of halogens is 1. The molecule has 0 aliphatic rings. The van der Waals surface area contributed by atoms with E-state index < -0.39 is 23.6 Å². The number of rotatable bonds is 7. The first-order chi connectivity index (χ1) is 14.5. The lowest BCUT2D eigenvalue weighted by Crippen LogP contribution is -2.49.